The highest BCUT2D eigenvalue weighted by molar-refractivity contribution is 5.90. The SMILES string of the molecule is Cc1cc(N2CCCC2)nc(NCCNC(=O)Cc2cccc3ccccc23)n1. The molecular formula is C23H27N5O. The molecule has 0 saturated carbocycles. The van der Waals surface area contributed by atoms with Gasteiger partial charge >= 0.3 is 0 Å². The van der Waals surface area contributed by atoms with Gasteiger partial charge in [0, 0.05) is 37.9 Å². The molecule has 6 heteroatoms. The van der Waals surface area contributed by atoms with Crippen LogP contribution in [0.1, 0.15) is 24.1 Å². The predicted molar refractivity (Wildman–Crippen MR) is 117 cm³/mol. The minimum atomic E-state index is 0.0195. The summed E-state index contributed by atoms with van der Waals surface area (Å²) in [5.41, 5.74) is 2.00. The fourth-order valence-electron chi connectivity index (χ4n) is 3.80. The molecule has 1 aromatic heterocycles. The van der Waals surface area contributed by atoms with Crippen LogP contribution in [0.15, 0.2) is 48.5 Å². The lowest BCUT2D eigenvalue weighted by atomic mass is 10.0. The van der Waals surface area contributed by atoms with E-state index in [-0.39, 0.29) is 5.91 Å². The predicted octanol–water partition coefficient (Wildman–Crippen LogP) is 3.31. The first-order valence-electron chi connectivity index (χ1n) is 10.3. The molecule has 0 aliphatic carbocycles. The molecule has 1 amide bonds. The highest BCUT2D eigenvalue weighted by Gasteiger charge is 2.15. The number of benzene rings is 2. The van der Waals surface area contributed by atoms with Crippen LogP contribution in [0.5, 0.6) is 0 Å². The number of anilines is 2. The van der Waals surface area contributed by atoms with Gasteiger partial charge in [0.15, 0.2) is 0 Å². The zero-order chi connectivity index (χ0) is 20.1. The zero-order valence-corrected chi connectivity index (χ0v) is 16.8. The van der Waals surface area contributed by atoms with E-state index in [0.717, 1.165) is 40.9 Å². The third-order valence-electron chi connectivity index (χ3n) is 5.23. The summed E-state index contributed by atoms with van der Waals surface area (Å²) in [5, 5.41) is 8.51. The molecule has 2 aromatic carbocycles. The van der Waals surface area contributed by atoms with Crippen LogP contribution in [-0.4, -0.2) is 42.1 Å². The van der Waals surface area contributed by atoms with E-state index in [4.69, 9.17) is 0 Å². The van der Waals surface area contributed by atoms with Crippen molar-refractivity contribution < 1.29 is 4.79 Å². The first kappa shape index (κ1) is 19.2. The summed E-state index contributed by atoms with van der Waals surface area (Å²) in [5.74, 6) is 1.62. The summed E-state index contributed by atoms with van der Waals surface area (Å²) in [6.45, 7) is 5.21. The molecule has 3 aromatic rings. The summed E-state index contributed by atoms with van der Waals surface area (Å²) in [6.07, 6.45) is 2.81. The number of fused-ring (bicyclic) bond motifs is 1. The normalized spacial score (nSPS) is 13.6. The van der Waals surface area contributed by atoms with Crippen LogP contribution >= 0.6 is 0 Å². The number of carbonyl (C=O) groups excluding carboxylic acids is 1. The van der Waals surface area contributed by atoms with Gasteiger partial charge in [-0.05, 0) is 36.1 Å². The van der Waals surface area contributed by atoms with E-state index in [0.29, 0.717) is 25.5 Å². The molecule has 0 spiro atoms. The summed E-state index contributed by atoms with van der Waals surface area (Å²) in [4.78, 5) is 23.8. The molecular weight excluding hydrogens is 362 g/mol. The molecule has 2 heterocycles. The van der Waals surface area contributed by atoms with Crippen LogP contribution in [0.25, 0.3) is 10.8 Å². The Kier molecular flexibility index (Phi) is 5.89. The van der Waals surface area contributed by atoms with E-state index >= 15 is 0 Å². The van der Waals surface area contributed by atoms with Crippen LogP contribution in [0.3, 0.4) is 0 Å². The molecule has 4 rings (SSSR count). The van der Waals surface area contributed by atoms with Crippen molar-refractivity contribution in [2.45, 2.75) is 26.2 Å². The first-order valence-corrected chi connectivity index (χ1v) is 10.3. The Morgan fingerprint density at radius 2 is 1.83 bits per heavy atom. The quantitative estimate of drug-likeness (QED) is 0.607. The molecule has 29 heavy (non-hydrogen) atoms. The average Bonchev–Trinajstić information content (AvgIpc) is 3.26. The fourth-order valence-corrected chi connectivity index (χ4v) is 3.80. The van der Waals surface area contributed by atoms with Gasteiger partial charge in [0.25, 0.3) is 0 Å². The Balaban J connectivity index is 1.29. The summed E-state index contributed by atoms with van der Waals surface area (Å²) in [7, 11) is 0. The van der Waals surface area contributed by atoms with Crippen molar-refractivity contribution >= 4 is 28.4 Å². The maximum Gasteiger partial charge on any atom is 0.224 e. The molecule has 0 atom stereocenters. The Morgan fingerprint density at radius 3 is 2.69 bits per heavy atom. The fraction of sp³-hybridized carbons (Fsp3) is 0.348. The molecule has 6 nitrogen and oxygen atoms in total. The van der Waals surface area contributed by atoms with Crippen molar-refractivity contribution in [1.82, 2.24) is 15.3 Å². The number of nitrogens with zero attached hydrogens (tertiary/aromatic N) is 3. The maximum atomic E-state index is 12.4. The molecule has 1 fully saturated rings. The van der Waals surface area contributed by atoms with Gasteiger partial charge in [-0.2, -0.15) is 4.98 Å². The van der Waals surface area contributed by atoms with Crippen LogP contribution in [0.2, 0.25) is 0 Å². The highest BCUT2D eigenvalue weighted by atomic mass is 16.1. The van der Waals surface area contributed by atoms with Crippen molar-refractivity contribution in [1.29, 1.82) is 0 Å². The van der Waals surface area contributed by atoms with Gasteiger partial charge in [0.1, 0.15) is 5.82 Å². The van der Waals surface area contributed by atoms with E-state index < -0.39 is 0 Å². The molecule has 1 saturated heterocycles. The average molecular weight is 390 g/mol. The topological polar surface area (TPSA) is 70.2 Å². The second kappa shape index (κ2) is 8.90. The molecule has 1 aliphatic rings. The highest BCUT2D eigenvalue weighted by Crippen LogP contribution is 2.20. The number of aryl methyl sites for hydroxylation is 1. The third-order valence-corrected chi connectivity index (χ3v) is 5.23. The van der Waals surface area contributed by atoms with Crippen LogP contribution < -0.4 is 15.5 Å². The molecule has 150 valence electrons. The summed E-state index contributed by atoms with van der Waals surface area (Å²) < 4.78 is 0. The molecule has 0 bridgehead atoms. The van der Waals surface area contributed by atoms with E-state index in [1.54, 1.807) is 0 Å². The van der Waals surface area contributed by atoms with Gasteiger partial charge in [-0.1, -0.05) is 42.5 Å². The van der Waals surface area contributed by atoms with Gasteiger partial charge in [-0.15, -0.1) is 0 Å². The molecule has 0 radical (unpaired) electrons. The van der Waals surface area contributed by atoms with E-state index in [1.165, 1.54) is 12.8 Å². The van der Waals surface area contributed by atoms with Crippen molar-refractivity contribution in [3.63, 3.8) is 0 Å². The smallest absolute Gasteiger partial charge is 0.224 e. The lowest BCUT2D eigenvalue weighted by Crippen LogP contribution is -2.30. The number of aromatic nitrogens is 2. The zero-order valence-electron chi connectivity index (χ0n) is 16.8. The monoisotopic (exact) mass is 389 g/mol. The van der Waals surface area contributed by atoms with Gasteiger partial charge < -0.3 is 15.5 Å². The Bertz CT molecular complexity index is 992. The summed E-state index contributed by atoms with van der Waals surface area (Å²) >= 11 is 0. The van der Waals surface area contributed by atoms with Crippen molar-refractivity contribution in [3.05, 3.63) is 59.8 Å². The van der Waals surface area contributed by atoms with Crippen LogP contribution in [0.4, 0.5) is 11.8 Å². The Hall–Kier alpha value is -3.15. The molecule has 0 unspecified atom stereocenters. The van der Waals surface area contributed by atoms with Gasteiger partial charge in [0.2, 0.25) is 11.9 Å². The van der Waals surface area contributed by atoms with Gasteiger partial charge in [-0.25, -0.2) is 4.98 Å². The van der Waals surface area contributed by atoms with Crippen LogP contribution in [0, 0.1) is 6.92 Å². The van der Waals surface area contributed by atoms with Gasteiger partial charge in [0.05, 0.1) is 6.42 Å². The van der Waals surface area contributed by atoms with E-state index in [2.05, 4.69) is 43.7 Å². The minimum Gasteiger partial charge on any atom is -0.356 e. The minimum absolute atomic E-state index is 0.0195. The molecule has 1 aliphatic heterocycles. The lowest BCUT2D eigenvalue weighted by Gasteiger charge is -2.17. The van der Waals surface area contributed by atoms with Gasteiger partial charge in [-0.3, -0.25) is 4.79 Å². The Morgan fingerprint density at radius 1 is 1.03 bits per heavy atom. The summed E-state index contributed by atoms with van der Waals surface area (Å²) in [6, 6.07) is 16.3. The maximum absolute atomic E-state index is 12.4. The number of hydrogen-bond donors (Lipinski definition) is 2. The standard InChI is InChI=1S/C23H27N5O/c1-17-15-21(28-13-4-5-14-28)27-23(26-17)25-12-11-24-22(29)16-19-9-6-8-18-7-2-3-10-20(18)19/h2-3,6-10,15H,4-5,11-14,16H2,1H3,(H,24,29)(H,25,26,27). The second-order valence-corrected chi connectivity index (χ2v) is 7.48. The van der Waals surface area contributed by atoms with E-state index in [1.807, 2.05) is 37.3 Å². The Labute approximate surface area is 171 Å². The third kappa shape index (κ3) is 4.83. The number of amides is 1. The van der Waals surface area contributed by atoms with Crippen molar-refractivity contribution in [3.8, 4) is 0 Å². The second-order valence-electron chi connectivity index (χ2n) is 7.48. The number of nitrogens with one attached hydrogen (secondary N) is 2. The largest absolute Gasteiger partial charge is 0.356 e. The molecule has 2 N–H and O–H groups in total. The van der Waals surface area contributed by atoms with Crippen molar-refractivity contribution in [2.75, 3.05) is 36.4 Å². The van der Waals surface area contributed by atoms with Crippen molar-refractivity contribution in [2.24, 2.45) is 0 Å². The number of hydrogen-bond acceptors (Lipinski definition) is 5. The van der Waals surface area contributed by atoms with E-state index in [9.17, 15) is 4.79 Å². The lowest BCUT2D eigenvalue weighted by molar-refractivity contribution is -0.120. The van der Waals surface area contributed by atoms with Crippen LogP contribution in [-0.2, 0) is 11.2 Å². The first-order chi connectivity index (χ1) is 14.2. The number of rotatable bonds is 7. The number of carbonyl (C=O) groups is 1.